The van der Waals surface area contributed by atoms with Crippen LogP contribution in [0.5, 0.6) is 5.75 Å². The number of methoxy groups -OCH3 is 1. The fraction of sp³-hybridized carbons (Fsp3) is 0.552. The standard InChI is InChI=1S/C29H38N6O3/c1-19-17-37-12-10-34(19)28-24-7-8-25(31-27(24)32-29(33-28)35-11-13-38-18-20(35)2)22-6-9-26(36-3)23(14-22)16-30-15-21-4-5-21/h6-9,14,19-21,30H,4-5,10-13,15-18H2,1-3H3/t19-,20-/m0/s1. The molecule has 2 saturated heterocycles. The van der Waals surface area contributed by atoms with Crippen molar-refractivity contribution in [2.45, 2.75) is 45.3 Å². The molecule has 38 heavy (non-hydrogen) atoms. The Hall–Kier alpha value is -3.01. The fourth-order valence-electron chi connectivity index (χ4n) is 5.37. The van der Waals surface area contributed by atoms with Crippen molar-refractivity contribution in [3.8, 4) is 17.0 Å². The molecule has 1 aromatic carbocycles. The molecule has 3 aliphatic rings. The van der Waals surface area contributed by atoms with Gasteiger partial charge in [-0.05, 0) is 69.5 Å². The van der Waals surface area contributed by atoms with Crippen molar-refractivity contribution in [1.82, 2.24) is 20.3 Å². The lowest BCUT2D eigenvalue weighted by Gasteiger charge is -2.37. The normalized spacial score (nSPS) is 22.2. The highest BCUT2D eigenvalue weighted by atomic mass is 16.5. The summed E-state index contributed by atoms with van der Waals surface area (Å²) in [6, 6.07) is 10.9. The van der Waals surface area contributed by atoms with Gasteiger partial charge in [0.05, 0.1) is 56.7 Å². The first-order valence-electron chi connectivity index (χ1n) is 13.9. The molecule has 6 rings (SSSR count). The number of nitrogens with zero attached hydrogens (tertiary/aromatic N) is 5. The average molecular weight is 519 g/mol. The summed E-state index contributed by atoms with van der Waals surface area (Å²) in [7, 11) is 1.73. The zero-order valence-electron chi connectivity index (χ0n) is 22.7. The summed E-state index contributed by atoms with van der Waals surface area (Å²) in [5.74, 6) is 3.37. The van der Waals surface area contributed by atoms with Crippen LogP contribution in [0.4, 0.5) is 11.8 Å². The van der Waals surface area contributed by atoms with Crippen molar-refractivity contribution in [3.63, 3.8) is 0 Å². The van der Waals surface area contributed by atoms with Crippen LogP contribution in [0.2, 0.25) is 0 Å². The van der Waals surface area contributed by atoms with E-state index in [4.69, 9.17) is 29.2 Å². The predicted octanol–water partition coefficient (Wildman–Crippen LogP) is 3.65. The van der Waals surface area contributed by atoms with E-state index >= 15 is 0 Å². The van der Waals surface area contributed by atoms with E-state index in [-0.39, 0.29) is 12.1 Å². The molecule has 2 atom stereocenters. The number of pyridine rings is 1. The molecule has 0 spiro atoms. The molecule has 3 aromatic rings. The number of morpholine rings is 2. The van der Waals surface area contributed by atoms with E-state index in [1.165, 1.54) is 12.8 Å². The molecule has 4 heterocycles. The molecule has 1 saturated carbocycles. The summed E-state index contributed by atoms with van der Waals surface area (Å²) in [6.45, 7) is 10.4. The van der Waals surface area contributed by atoms with Gasteiger partial charge in [-0.2, -0.15) is 9.97 Å². The van der Waals surface area contributed by atoms with Crippen molar-refractivity contribution >= 4 is 22.8 Å². The molecule has 0 amide bonds. The zero-order chi connectivity index (χ0) is 26.1. The van der Waals surface area contributed by atoms with Gasteiger partial charge in [-0.1, -0.05) is 0 Å². The predicted molar refractivity (Wildman–Crippen MR) is 149 cm³/mol. The largest absolute Gasteiger partial charge is 0.496 e. The Morgan fingerprint density at radius 3 is 2.42 bits per heavy atom. The minimum absolute atomic E-state index is 0.201. The molecule has 0 unspecified atom stereocenters. The third kappa shape index (κ3) is 5.28. The van der Waals surface area contributed by atoms with Crippen LogP contribution in [0, 0.1) is 5.92 Å². The number of nitrogens with one attached hydrogen (secondary N) is 1. The van der Waals surface area contributed by atoms with Gasteiger partial charge in [0.15, 0.2) is 5.65 Å². The molecule has 1 N–H and O–H groups in total. The summed E-state index contributed by atoms with van der Waals surface area (Å²) in [4.78, 5) is 19.8. The SMILES string of the molecule is COc1ccc(-c2ccc3c(N4CCOC[C@@H]4C)nc(N4CCOC[C@@H]4C)nc3n2)cc1CNCC1CC1. The Balaban J connectivity index is 1.39. The van der Waals surface area contributed by atoms with E-state index < -0.39 is 0 Å². The number of rotatable bonds is 8. The van der Waals surface area contributed by atoms with Crippen molar-refractivity contribution in [1.29, 1.82) is 0 Å². The highest BCUT2D eigenvalue weighted by Crippen LogP contribution is 2.33. The number of fused-ring (bicyclic) bond motifs is 1. The molecule has 9 nitrogen and oxygen atoms in total. The van der Waals surface area contributed by atoms with Gasteiger partial charge in [-0.15, -0.1) is 0 Å². The molecule has 0 bridgehead atoms. The van der Waals surface area contributed by atoms with Gasteiger partial charge < -0.3 is 29.3 Å². The lowest BCUT2D eigenvalue weighted by Crippen LogP contribution is -2.46. The van der Waals surface area contributed by atoms with Gasteiger partial charge >= 0.3 is 0 Å². The number of anilines is 2. The first-order valence-corrected chi connectivity index (χ1v) is 13.9. The van der Waals surface area contributed by atoms with Crippen LogP contribution >= 0.6 is 0 Å². The number of ether oxygens (including phenoxy) is 3. The molecule has 0 radical (unpaired) electrons. The van der Waals surface area contributed by atoms with Gasteiger partial charge in [-0.25, -0.2) is 4.98 Å². The second-order valence-electron chi connectivity index (χ2n) is 10.8. The maximum Gasteiger partial charge on any atom is 0.229 e. The van der Waals surface area contributed by atoms with Crippen molar-refractivity contribution in [3.05, 3.63) is 35.9 Å². The first kappa shape index (κ1) is 25.3. The van der Waals surface area contributed by atoms with Crippen molar-refractivity contribution in [2.75, 3.05) is 63.0 Å². The van der Waals surface area contributed by atoms with Gasteiger partial charge in [0.25, 0.3) is 0 Å². The topological polar surface area (TPSA) is 84.9 Å². The van der Waals surface area contributed by atoms with Crippen LogP contribution in [0.15, 0.2) is 30.3 Å². The van der Waals surface area contributed by atoms with Crippen molar-refractivity contribution < 1.29 is 14.2 Å². The highest BCUT2D eigenvalue weighted by Gasteiger charge is 2.27. The van der Waals surface area contributed by atoms with Crippen molar-refractivity contribution in [2.24, 2.45) is 5.92 Å². The maximum absolute atomic E-state index is 5.72. The van der Waals surface area contributed by atoms with E-state index in [0.29, 0.717) is 38.0 Å². The van der Waals surface area contributed by atoms with E-state index in [2.05, 4.69) is 53.2 Å². The second kappa shape index (κ2) is 11.0. The smallest absolute Gasteiger partial charge is 0.229 e. The molecule has 2 aliphatic heterocycles. The third-order valence-electron chi connectivity index (χ3n) is 7.81. The quantitative estimate of drug-likeness (QED) is 0.480. The van der Waals surface area contributed by atoms with E-state index in [9.17, 15) is 0 Å². The monoisotopic (exact) mass is 518 g/mol. The summed E-state index contributed by atoms with van der Waals surface area (Å²) in [6.07, 6.45) is 2.67. The number of aromatic nitrogens is 3. The minimum atomic E-state index is 0.201. The van der Waals surface area contributed by atoms with E-state index in [0.717, 1.165) is 65.9 Å². The number of hydrogen-bond acceptors (Lipinski definition) is 9. The molecule has 9 heteroatoms. The molecule has 2 aromatic heterocycles. The fourth-order valence-corrected chi connectivity index (χ4v) is 5.37. The Kier molecular flexibility index (Phi) is 7.32. The van der Waals surface area contributed by atoms with Gasteiger partial charge in [-0.3, -0.25) is 0 Å². The summed E-state index contributed by atoms with van der Waals surface area (Å²) >= 11 is 0. The minimum Gasteiger partial charge on any atom is -0.496 e. The Morgan fingerprint density at radius 2 is 1.71 bits per heavy atom. The summed E-state index contributed by atoms with van der Waals surface area (Å²) in [5.41, 5.74) is 3.80. The first-order chi connectivity index (χ1) is 18.6. The van der Waals surface area contributed by atoms with E-state index in [1.54, 1.807) is 7.11 Å². The number of benzene rings is 1. The molecule has 1 aliphatic carbocycles. The van der Waals surface area contributed by atoms with Crippen LogP contribution in [0.25, 0.3) is 22.3 Å². The molecular formula is C29H38N6O3. The Morgan fingerprint density at radius 1 is 0.947 bits per heavy atom. The van der Waals surface area contributed by atoms with E-state index in [1.807, 2.05) is 6.07 Å². The van der Waals surface area contributed by atoms with Gasteiger partial charge in [0.1, 0.15) is 11.6 Å². The van der Waals surface area contributed by atoms with Gasteiger partial charge in [0.2, 0.25) is 5.95 Å². The lowest BCUT2D eigenvalue weighted by molar-refractivity contribution is 0.0973. The Bertz CT molecular complexity index is 1280. The maximum atomic E-state index is 5.72. The Labute approximate surface area is 224 Å². The summed E-state index contributed by atoms with van der Waals surface area (Å²) in [5, 5.41) is 4.55. The number of hydrogen-bond donors (Lipinski definition) is 1. The molecular weight excluding hydrogens is 480 g/mol. The third-order valence-corrected chi connectivity index (χ3v) is 7.81. The van der Waals surface area contributed by atoms with Crippen LogP contribution in [0.1, 0.15) is 32.3 Å². The average Bonchev–Trinajstić information content (AvgIpc) is 3.77. The zero-order valence-corrected chi connectivity index (χ0v) is 22.7. The highest BCUT2D eigenvalue weighted by molar-refractivity contribution is 5.90. The second-order valence-corrected chi connectivity index (χ2v) is 10.8. The van der Waals surface area contributed by atoms with Crippen LogP contribution < -0.4 is 19.9 Å². The lowest BCUT2D eigenvalue weighted by atomic mass is 10.1. The van der Waals surface area contributed by atoms with Crippen LogP contribution in [0.3, 0.4) is 0 Å². The molecule has 3 fully saturated rings. The summed E-state index contributed by atoms with van der Waals surface area (Å²) < 4.78 is 17.1. The van der Waals surface area contributed by atoms with Crippen LogP contribution in [-0.4, -0.2) is 80.2 Å². The van der Waals surface area contributed by atoms with Crippen LogP contribution in [-0.2, 0) is 16.0 Å². The molecule has 202 valence electrons. The van der Waals surface area contributed by atoms with Gasteiger partial charge in [0, 0.05) is 30.8 Å².